The van der Waals surface area contributed by atoms with Crippen LogP contribution in [-0.2, 0) is 25.7 Å². The van der Waals surface area contributed by atoms with Crippen molar-refractivity contribution in [2.75, 3.05) is 0 Å². The average molecular weight is 311 g/mol. The fourth-order valence-corrected chi connectivity index (χ4v) is 6.64. The van der Waals surface area contributed by atoms with E-state index < -0.39 is 0 Å². The van der Waals surface area contributed by atoms with Crippen molar-refractivity contribution >= 4 is 34.4 Å². The molecule has 2 rings (SSSR count). The predicted octanol–water partition coefficient (Wildman–Crippen LogP) is 6.21. The van der Waals surface area contributed by atoms with E-state index in [-0.39, 0.29) is 0 Å². The fraction of sp³-hybridized carbons (Fsp3) is 0.500. The summed E-state index contributed by atoms with van der Waals surface area (Å²) in [5.41, 5.74) is 6.23. The molecule has 0 radical (unpaired) electrons. The summed E-state index contributed by atoms with van der Waals surface area (Å²) in [7, 11) is 0. The molecule has 0 aliphatic rings. The lowest BCUT2D eigenvalue weighted by atomic mass is 10.1. The molecule has 19 heavy (non-hydrogen) atoms. The summed E-state index contributed by atoms with van der Waals surface area (Å²) in [6.07, 6.45) is 4.63. The zero-order valence-corrected chi connectivity index (χ0v) is 14.7. The van der Waals surface area contributed by atoms with Gasteiger partial charge < -0.3 is 0 Å². The van der Waals surface area contributed by atoms with Crippen molar-refractivity contribution in [3.05, 3.63) is 33.0 Å². The molecule has 2 heterocycles. The highest BCUT2D eigenvalue weighted by Crippen LogP contribution is 2.42. The molecule has 0 fully saturated rings. The van der Waals surface area contributed by atoms with Gasteiger partial charge in [0.2, 0.25) is 0 Å². The van der Waals surface area contributed by atoms with Crippen LogP contribution in [0, 0.1) is 0 Å². The van der Waals surface area contributed by atoms with Gasteiger partial charge in [0.1, 0.15) is 0 Å². The van der Waals surface area contributed by atoms with Crippen LogP contribution in [0.5, 0.6) is 0 Å². The van der Waals surface area contributed by atoms with E-state index in [0.29, 0.717) is 0 Å². The van der Waals surface area contributed by atoms with Crippen molar-refractivity contribution in [1.82, 2.24) is 0 Å². The maximum Gasteiger partial charge on any atom is 0.0689 e. The number of thiophene rings is 2. The molecule has 0 atom stereocenters. The van der Waals surface area contributed by atoms with Gasteiger partial charge in [-0.3, -0.25) is 0 Å². The Kier molecular flexibility index (Phi) is 5.55. The second-order valence-electron chi connectivity index (χ2n) is 4.57. The molecule has 0 nitrogen and oxygen atoms in total. The molecule has 3 heteroatoms. The lowest BCUT2D eigenvalue weighted by Gasteiger charge is -2.05. The smallest absolute Gasteiger partial charge is 0.0689 e. The van der Waals surface area contributed by atoms with Crippen LogP contribution in [0.1, 0.15) is 49.9 Å². The second kappa shape index (κ2) is 6.96. The van der Waals surface area contributed by atoms with Crippen LogP contribution in [0.15, 0.2) is 19.2 Å². The Labute approximate surface area is 129 Å². The van der Waals surface area contributed by atoms with Crippen molar-refractivity contribution in [3.63, 3.8) is 0 Å². The summed E-state index contributed by atoms with van der Waals surface area (Å²) in [6.45, 7) is 9.07. The highest BCUT2D eigenvalue weighted by Gasteiger charge is 2.15. The van der Waals surface area contributed by atoms with E-state index in [1.165, 1.54) is 8.42 Å². The maximum atomic E-state index is 2.35. The Balaban J connectivity index is 2.31. The van der Waals surface area contributed by atoms with E-state index in [2.05, 4.69) is 38.5 Å². The first-order chi connectivity index (χ1) is 9.24. The minimum atomic E-state index is 1.16. The minimum Gasteiger partial charge on any atom is -0.136 e. The van der Waals surface area contributed by atoms with E-state index in [1.54, 1.807) is 22.3 Å². The molecule has 0 amide bonds. The van der Waals surface area contributed by atoms with Crippen molar-refractivity contribution < 1.29 is 0 Å². The van der Waals surface area contributed by atoms with E-state index in [1.807, 2.05) is 34.4 Å². The third kappa shape index (κ3) is 3.09. The molecule has 0 aliphatic heterocycles. The largest absolute Gasteiger partial charge is 0.136 e. The van der Waals surface area contributed by atoms with Crippen LogP contribution in [-0.4, -0.2) is 0 Å². The fourth-order valence-electron chi connectivity index (χ4n) is 2.39. The number of hydrogen-bond donors (Lipinski definition) is 0. The van der Waals surface area contributed by atoms with Crippen molar-refractivity contribution in [3.8, 4) is 0 Å². The zero-order chi connectivity index (χ0) is 13.8. The molecule has 0 spiro atoms. The van der Waals surface area contributed by atoms with Gasteiger partial charge in [-0.25, -0.2) is 0 Å². The topological polar surface area (TPSA) is 0 Å². The van der Waals surface area contributed by atoms with Gasteiger partial charge >= 0.3 is 0 Å². The van der Waals surface area contributed by atoms with Gasteiger partial charge in [0.05, 0.1) is 8.42 Å². The lowest BCUT2D eigenvalue weighted by Crippen LogP contribution is -1.88. The molecule has 2 aromatic rings. The van der Waals surface area contributed by atoms with Gasteiger partial charge in [-0.05, 0) is 58.7 Å². The van der Waals surface area contributed by atoms with Crippen LogP contribution in [0.4, 0.5) is 0 Å². The molecule has 0 bridgehead atoms. The number of rotatable bonds is 6. The molecule has 0 N–H and O–H groups in total. The highest BCUT2D eigenvalue weighted by atomic mass is 32.2. The molecule has 0 saturated heterocycles. The van der Waals surface area contributed by atoms with Crippen LogP contribution in [0.2, 0.25) is 0 Å². The summed E-state index contributed by atoms with van der Waals surface area (Å²) >= 11 is 5.85. The first-order valence-corrected chi connectivity index (χ1v) is 9.68. The Bertz CT molecular complexity index is 486. The molecule has 0 unspecified atom stereocenters. The first-order valence-electron chi connectivity index (χ1n) is 7.11. The molecule has 2 aromatic heterocycles. The van der Waals surface area contributed by atoms with E-state index in [9.17, 15) is 0 Å². The van der Waals surface area contributed by atoms with E-state index in [0.717, 1.165) is 25.7 Å². The standard InChI is InChI=1S/C16H22S3/c1-5-11-9-17-15(13(11)7-3)19-16-14(8-4)12(6-2)10-18-16/h9-10H,5-8H2,1-4H3. The molecule has 0 saturated carbocycles. The Morgan fingerprint density at radius 1 is 0.737 bits per heavy atom. The van der Waals surface area contributed by atoms with Gasteiger partial charge in [-0.1, -0.05) is 39.5 Å². The predicted molar refractivity (Wildman–Crippen MR) is 90.3 cm³/mol. The van der Waals surface area contributed by atoms with Gasteiger partial charge in [0, 0.05) is 0 Å². The summed E-state index contributed by atoms with van der Waals surface area (Å²) < 4.78 is 3.03. The van der Waals surface area contributed by atoms with Gasteiger partial charge in [0.15, 0.2) is 0 Å². The molecule has 104 valence electrons. The Morgan fingerprint density at radius 3 is 1.47 bits per heavy atom. The SMILES string of the molecule is CCc1csc(Sc2scc(CC)c2CC)c1CC. The molecular formula is C16H22S3. The molecular weight excluding hydrogens is 288 g/mol. The van der Waals surface area contributed by atoms with Crippen molar-refractivity contribution in [2.45, 2.75) is 61.8 Å². The summed E-state index contributed by atoms with van der Waals surface area (Å²) in [5, 5.41) is 4.70. The van der Waals surface area contributed by atoms with Crippen molar-refractivity contribution in [2.24, 2.45) is 0 Å². The second-order valence-corrected chi connectivity index (χ2v) is 7.87. The quantitative estimate of drug-likeness (QED) is 0.611. The summed E-state index contributed by atoms with van der Waals surface area (Å²) in [4.78, 5) is 0. The maximum absolute atomic E-state index is 2.35. The Hall–Kier alpha value is -0.250. The van der Waals surface area contributed by atoms with E-state index >= 15 is 0 Å². The lowest BCUT2D eigenvalue weighted by molar-refractivity contribution is 1.02. The van der Waals surface area contributed by atoms with Gasteiger partial charge in [-0.15, -0.1) is 22.7 Å². The molecule has 0 aliphatic carbocycles. The minimum absolute atomic E-state index is 1.16. The van der Waals surface area contributed by atoms with Crippen LogP contribution < -0.4 is 0 Å². The summed E-state index contributed by atoms with van der Waals surface area (Å²) in [5.74, 6) is 0. The third-order valence-electron chi connectivity index (χ3n) is 3.54. The van der Waals surface area contributed by atoms with Gasteiger partial charge in [0.25, 0.3) is 0 Å². The Morgan fingerprint density at radius 2 is 1.16 bits per heavy atom. The number of hydrogen-bond acceptors (Lipinski definition) is 3. The first kappa shape index (κ1) is 15.1. The monoisotopic (exact) mass is 310 g/mol. The van der Waals surface area contributed by atoms with Crippen LogP contribution >= 0.6 is 34.4 Å². The van der Waals surface area contributed by atoms with Crippen LogP contribution in [0.25, 0.3) is 0 Å². The molecule has 0 aromatic carbocycles. The highest BCUT2D eigenvalue weighted by molar-refractivity contribution is 8.03. The van der Waals surface area contributed by atoms with Gasteiger partial charge in [-0.2, -0.15) is 0 Å². The third-order valence-corrected chi connectivity index (χ3v) is 7.21. The number of aryl methyl sites for hydroxylation is 2. The van der Waals surface area contributed by atoms with Crippen molar-refractivity contribution in [1.29, 1.82) is 0 Å². The zero-order valence-electron chi connectivity index (χ0n) is 12.2. The normalized spacial score (nSPS) is 11.2. The summed E-state index contributed by atoms with van der Waals surface area (Å²) in [6, 6.07) is 0. The average Bonchev–Trinajstić information content (AvgIpc) is 3.01. The van der Waals surface area contributed by atoms with E-state index in [4.69, 9.17) is 0 Å². The van der Waals surface area contributed by atoms with Crippen LogP contribution in [0.3, 0.4) is 0 Å².